The van der Waals surface area contributed by atoms with Crippen LogP contribution in [0.2, 0.25) is 0 Å². The highest BCUT2D eigenvalue weighted by Crippen LogP contribution is 2.39. The first kappa shape index (κ1) is 13.7. The van der Waals surface area contributed by atoms with E-state index in [1.807, 2.05) is 24.3 Å². The lowest BCUT2D eigenvalue weighted by Gasteiger charge is -2.29. The molecule has 3 aliphatic rings. The van der Waals surface area contributed by atoms with E-state index in [0.717, 1.165) is 37.2 Å². The van der Waals surface area contributed by atoms with Gasteiger partial charge >= 0.3 is 0 Å². The van der Waals surface area contributed by atoms with Crippen LogP contribution in [-0.2, 0) is 0 Å². The highest BCUT2D eigenvalue weighted by atomic mass is 16.3. The van der Waals surface area contributed by atoms with Crippen LogP contribution in [0, 0.1) is 5.92 Å². The van der Waals surface area contributed by atoms with E-state index in [1.165, 1.54) is 18.4 Å². The maximum atomic E-state index is 11.1. The molecule has 0 spiro atoms. The standard InChI is InChI=1S/C18H20N2O2/c21-12-13-3-4-15(16(10-13)18-2-1-9-22-18)17-11-19-20-7-5-14(17)6-8-20/h1-4,9-10,12,14,17,19H,5-8,11H2. The summed E-state index contributed by atoms with van der Waals surface area (Å²) in [6, 6.07) is 9.86. The zero-order valence-electron chi connectivity index (χ0n) is 12.5. The van der Waals surface area contributed by atoms with Crippen molar-refractivity contribution in [2.24, 2.45) is 5.92 Å². The Labute approximate surface area is 130 Å². The average molecular weight is 296 g/mol. The van der Waals surface area contributed by atoms with Gasteiger partial charge in [-0.05, 0) is 42.5 Å². The third-order valence-electron chi connectivity index (χ3n) is 5.04. The number of fused-ring (bicyclic) bond motifs is 4. The first-order chi connectivity index (χ1) is 10.8. The number of hydrazine groups is 1. The highest BCUT2D eigenvalue weighted by Gasteiger charge is 2.33. The third kappa shape index (κ3) is 2.38. The van der Waals surface area contributed by atoms with E-state index in [2.05, 4.69) is 16.5 Å². The molecule has 5 rings (SSSR count). The molecule has 4 nitrogen and oxygen atoms in total. The van der Waals surface area contributed by atoms with Crippen molar-refractivity contribution in [2.45, 2.75) is 18.8 Å². The summed E-state index contributed by atoms with van der Waals surface area (Å²) in [5.74, 6) is 2.01. The van der Waals surface area contributed by atoms with Crippen LogP contribution < -0.4 is 5.43 Å². The summed E-state index contributed by atoms with van der Waals surface area (Å²) in [7, 11) is 0. The number of aldehydes is 1. The smallest absolute Gasteiger partial charge is 0.150 e. The topological polar surface area (TPSA) is 45.5 Å². The van der Waals surface area contributed by atoms with Gasteiger partial charge in [0, 0.05) is 36.7 Å². The fourth-order valence-corrected chi connectivity index (χ4v) is 3.83. The van der Waals surface area contributed by atoms with E-state index in [0.29, 0.717) is 17.4 Å². The highest BCUT2D eigenvalue weighted by molar-refractivity contribution is 5.79. The molecule has 2 aromatic rings. The fraction of sp³-hybridized carbons (Fsp3) is 0.389. The molecule has 3 fully saturated rings. The Balaban J connectivity index is 1.79. The Morgan fingerprint density at radius 2 is 2.09 bits per heavy atom. The van der Waals surface area contributed by atoms with Gasteiger partial charge in [-0.25, -0.2) is 5.01 Å². The molecule has 3 saturated heterocycles. The van der Waals surface area contributed by atoms with Crippen molar-refractivity contribution in [1.29, 1.82) is 0 Å². The summed E-state index contributed by atoms with van der Waals surface area (Å²) in [5, 5.41) is 2.34. The van der Waals surface area contributed by atoms with Crippen molar-refractivity contribution in [2.75, 3.05) is 19.6 Å². The summed E-state index contributed by atoms with van der Waals surface area (Å²) in [5.41, 5.74) is 6.61. The van der Waals surface area contributed by atoms with Gasteiger partial charge in [0.2, 0.25) is 0 Å². The average Bonchev–Trinajstić information content (AvgIpc) is 2.95. The lowest BCUT2D eigenvalue weighted by Crippen LogP contribution is -2.39. The number of carbonyl (C=O) groups excluding carboxylic acids is 1. The summed E-state index contributed by atoms with van der Waals surface area (Å²) in [4.78, 5) is 11.1. The van der Waals surface area contributed by atoms with Crippen LogP contribution >= 0.6 is 0 Å². The molecule has 0 aliphatic carbocycles. The Morgan fingerprint density at radius 3 is 2.82 bits per heavy atom. The van der Waals surface area contributed by atoms with Gasteiger partial charge in [-0.2, -0.15) is 0 Å². The van der Waals surface area contributed by atoms with Gasteiger partial charge in [-0.15, -0.1) is 0 Å². The predicted octanol–water partition coefficient (Wildman–Crippen LogP) is 3.07. The number of furan rings is 1. The Kier molecular flexibility index (Phi) is 3.56. The second-order valence-corrected chi connectivity index (χ2v) is 6.24. The first-order valence-electron chi connectivity index (χ1n) is 7.96. The zero-order chi connectivity index (χ0) is 14.9. The number of hydrogen-bond acceptors (Lipinski definition) is 4. The third-order valence-corrected chi connectivity index (χ3v) is 5.04. The molecular weight excluding hydrogens is 276 g/mol. The molecule has 1 aromatic carbocycles. The second-order valence-electron chi connectivity index (χ2n) is 6.24. The number of nitrogens with one attached hydrogen (secondary N) is 1. The summed E-state index contributed by atoms with van der Waals surface area (Å²) < 4.78 is 5.61. The zero-order valence-corrected chi connectivity index (χ0v) is 12.5. The van der Waals surface area contributed by atoms with Gasteiger partial charge in [0.25, 0.3) is 0 Å². The second kappa shape index (κ2) is 5.71. The van der Waals surface area contributed by atoms with E-state index in [4.69, 9.17) is 4.42 Å². The van der Waals surface area contributed by atoms with Gasteiger partial charge in [-0.1, -0.05) is 12.1 Å². The van der Waals surface area contributed by atoms with E-state index < -0.39 is 0 Å². The van der Waals surface area contributed by atoms with Crippen LogP contribution in [0.15, 0.2) is 41.0 Å². The van der Waals surface area contributed by atoms with Crippen molar-refractivity contribution in [3.8, 4) is 11.3 Å². The fourth-order valence-electron chi connectivity index (χ4n) is 3.83. The van der Waals surface area contributed by atoms with Gasteiger partial charge in [0.05, 0.1) is 6.26 Å². The molecule has 4 heteroatoms. The van der Waals surface area contributed by atoms with Crippen LogP contribution in [0.3, 0.4) is 0 Å². The number of carbonyl (C=O) groups is 1. The minimum absolute atomic E-state index is 0.466. The minimum atomic E-state index is 0.466. The number of benzene rings is 1. The summed E-state index contributed by atoms with van der Waals surface area (Å²) in [6.07, 6.45) is 5.05. The van der Waals surface area contributed by atoms with Crippen LogP contribution in [0.1, 0.15) is 34.7 Å². The number of nitrogens with zero attached hydrogens (tertiary/aromatic N) is 1. The molecule has 3 aliphatic heterocycles. The SMILES string of the molecule is O=Cc1ccc(C2CNN3CCC2CC3)c(-c2ccco2)c1. The van der Waals surface area contributed by atoms with E-state index >= 15 is 0 Å². The molecule has 0 radical (unpaired) electrons. The van der Waals surface area contributed by atoms with E-state index in [-0.39, 0.29) is 0 Å². The van der Waals surface area contributed by atoms with Gasteiger partial charge in [0.15, 0.2) is 0 Å². The van der Waals surface area contributed by atoms with Crippen molar-refractivity contribution < 1.29 is 9.21 Å². The Morgan fingerprint density at radius 1 is 1.23 bits per heavy atom. The van der Waals surface area contributed by atoms with Crippen molar-refractivity contribution in [1.82, 2.24) is 10.4 Å². The monoisotopic (exact) mass is 296 g/mol. The normalized spacial score (nSPS) is 27.5. The molecule has 0 saturated carbocycles. The molecule has 1 N–H and O–H groups in total. The van der Waals surface area contributed by atoms with Gasteiger partial charge in [0.1, 0.15) is 12.0 Å². The van der Waals surface area contributed by atoms with Gasteiger partial charge in [-0.3, -0.25) is 10.2 Å². The van der Waals surface area contributed by atoms with Crippen LogP contribution in [-0.4, -0.2) is 30.9 Å². The molecule has 1 unspecified atom stereocenters. The summed E-state index contributed by atoms with van der Waals surface area (Å²) >= 11 is 0. The minimum Gasteiger partial charge on any atom is -0.464 e. The molecule has 114 valence electrons. The Hall–Kier alpha value is -1.91. The predicted molar refractivity (Wildman–Crippen MR) is 84.6 cm³/mol. The largest absolute Gasteiger partial charge is 0.464 e. The Bertz CT molecular complexity index is 658. The van der Waals surface area contributed by atoms with Crippen molar-refractivity contribution >= 4 is 6.29 Å². The van der Waals surface area contributed by atoms with Crippen molar-refractivity contribution in [3.63, 3.8) is 0 Å². The first-order valence-corrected chi connectivity index (χ1v) is 7.96. The number of piperidine rings is 1. The van der Waals surface area contributed by atoms with E-state index in [1.54, 1.807) is 6.26 Å². The van der Waals surface area contributed by atoms with Crippen LogP contribution in [0.4, 0.5) is 0 Å². The molecule has 22 heavy (non-hydrogen) atoms. The summed E-state index contributed by atoms with van der Waals surface area (Å²) in [6.45, 7) is 3.21. The van der Waals surface area contributed by atoms with Crippen molar-refractivity contribution in [3.05, 3.63) is 47.7 Å². The molecule has 1 atom stereocenters. The molecule has 1 aromatic heterocycles. The molecular formula is C18H20N2O2. The number of rotatable bonds is 3. The molecule has 2 bridgehead atoms. The number of hydrogen-bond donors (Lipinski definition) is 1. The quantitative estimate of drug-likeness (QED) is 0.884. The van der Waals surface area contributed by atoms with Crippen LogP contribution in [0.25, 0.3) is 11.3 Å². The maximum absolute atomic E-state index is 11.1. The van der Waals surface area contributed by atoms with Gasteiger partial charge < -0.3 is 4.42 Å². The lowest BCUT2D eigenvalue weighted by molar-refractivity contribution is 0.112. The maximum Gasteiger partial charge on any atom is 0.150 e. The molecule has 4 heterocycles. The van der Waals surface area contributed by atoms with E-state index in [9.17, 15) is 4.79 Å². The van der Waals surface area contributed by atoms with Crippen LogP contribution in [0.5, 0.6) is 0 Å². The lowest BCUT2D eigenvalue weighted by atomic mass is 9.79. The molecule has 0 amide bonds.